The summed E-state index contributed by atoms with van der Waals surface area (Å²) in [5.74, 6) is 0. The van der Waals surface area contributed by atoms with Gasteiger partial charge in [-0.05, 0) is 78.4 Å². The first-order chi connectivity index (χ1) is 17.9. The van der Waals surface area contributed by atoms with E-state index in [2.05, 4.69) is 10.6 Å². The number of hydrogen-bond donors (Lipinski definition) is 2. The Balaban J connectivity index is 1.56. The molecule has 2 fully saturated rings. The number of ether oxygens (including phenoxy) is 2. The number of nitrogens with one attached hydrogen (secondary N) is 2. The van der Waals surface area contributed by atoms with Crippen LogP contribution in [0.2, 0.25) is 0 Å². The third-order valence-corrected chi connectivity index (χ3v) is 6.63. The second-order valence-corrected chi connectivity index (χ2v) is 12.4. The van der Waals surface area contributed by atoms with Crippen LogP contribution >= 0.6 is 0 Å². The van der Waals surface area contributed by atoms with Gasteiger partial charge < -0.3 is 20.1 Å². The Morgan fingerprint density at radius 1 is 0.684 bits per heavy atom. The van der Waals surface area contributed by atoms with Gasteiger partial charge in [0, 0.05) is 12.4 Å². The van der Waals surface area contributed by atoms with Crippen LogP contribution in [0.25, 0.3) is 0 Å². The molecule has 4 atom stereocenters. The Hall–Kier alpha value is -2.90. The molecule has 2 N–H and O–H groups in total. The van der Waals surface area contributed by atoms with Crippen molar-refractivity contribution in [2.24, 2.45) is 9.98 Å². The van der Waals surface area contributed by atoms with Crippen molar-refractivity contribution < 1.29 is 19.1 Å². The van der Waals surface area contributed by atoms with E-state index >= 15 is 0 Å². The van der Waals surface area contributed by atoms with Crippen LogP contribution in [0.3, 0.4) is 0 Å². The molecule has 2 aliphatic carbocycles. The van der Waals surface area contributed by atoms with E-state index in [4.69, 9.17) is 19.5 Å². The lowest BCUT2D eigenvalue weighted by Gasteiger charge is -2.30. The number of benzene rings is 1. The molecule has 2 aliphatic rings. The highest BCUT2D eigenvalue weighted by molar-refractivity contribution is 5.84. The molecule has 2 amide bonds. The lowest BCUT2D eigenvalue weighted by molar-refractivity contribution is 0.0475. The number of rotatable bonds is 6. The first-order valence-corrected chi connectivity index (χ1v) is 14.0. The molecule has 0 saturated heterocycles. The van der Waals surface area contributed by atoms with Crippen LogP contribution in [-0.4, -0.2) is 60.0 Å². The first-order valence-electron chi connectivity index (χ1n) is 14.0. The normalized spacial score (nSPS) is 24.8. The first kappa shape index (κ1) is 29.7. The van der Waals surface area contributed by atoms with Crippen molar-refractivity contribution in [1.29, 1.82) is 0 Å². The zero-order valence-corrected chi connectivity index (χ0v) is 24.0. The average molecular weight is 527 g/mol. The van der Waals surface area contributed by atoms with Crippen molar-refractivity contribution >= 4 is 24.6 Å². The van der Waals surface area contributed by atoms with Crippen molar-refractivity contribution in [2.75, 3.05) is 0 Å². The largest absolute Gasteiger partial charge is 0.444 e. The summed E-state index contributed by atoms with van der Waals surface area (Å²) in [6.45, 7) is 11.2. The van der Waals surface area contributed by atoms with Gasteiger partial charge in [0.2, 0.25) is 0 Å². The van der Waals surface area contributed by atoms with Gasteiger partial charge in [0.15, 0.2) is 0 Å². The fourth-order valence-corrected chi connectivity index (χ4v) is 4.87. The van der Waals surface area contributed by atoms with Crippen molar-refractivity contribution in [3.05, 3.63) is 35.4 Å². The fraction of sp³-hybridized carbons (Fsp3) is 0.667. The Labute approximate surface area is 228 Å². The average Bonchev–Trinajstić information content (AvgIpc) is 2.81. The van der Waals surface area contributed by atoms with E-state index in [1.807, 2.05) is 78.2 Å². The van der Waals surface area contributed by atoms with Gasteiger partial charge in [0.25, 0.3) is 0 Å². The quantitative estimate of drug-likeness (QED) is 0.431. The Bertz CT molecular complexity index is 896. The van der Waals surface area contributed by atoms with E-state index in [0.29, 0.717) is 0 Å². The van der Waals surface area contributed by atoms with Crippen LogP contribution < -0.4 is 10.6 Å². The van der Waals surface area contributed by atoms with E-state index in [9.17, 15) is 9.59 Å². The third-order valence-electron chi connectivity index (χ3n) is 6.63. The number of aliphatic imine (C=N–C) groups is 2. The summed E-state index contributed by atoms with van der Waals surface area (Å²) in [4.78, 5) is 34.2. The van der Waals surface area contributed by atoms with Gasteiger partial charge in [-0.2, -0.15) is 0 Å². The number of nitrogens with zero attached hydrogens (tertiary/aromatic N) is 2. The van der Waals surface area contributed by atoms with E-state index < -0.39 is 11.2 Å². The van der Waals surface area contributed by atoms with E-state index in [1.54, 1.807) is 0 Å². The Morgan fingerprint density at radius 3 is 1.37 bits per heavy atom. The fourth-order valence-electron chi connectivity index (χ4n) is 4.87. The second-order valence-electron chi connectivity index (χ2n) is 12.4. The van der Waals surface area contributed by atoms with Crippen LogP contribution in [0.5, 0.6) is 0 Å². The monoisotopic (exact) mass is 526 g/mol. The summed E-state index contributed by atoms with van der Waals surface area (Å²) in [6, 6.07) is 8.17. The minimum Gasteiger partial charge on any atom is -0.444 e. The summed E-state index contributed by atoms with van der Waals surface area (Å²) >= 11 is 0. The van der Waals surface area contributed by atoms with E-state index in [-0.39, 0.29) is 36.4 Å². The predicted octanol–water partition coefficient (Wildman–Crippen LogP) is 6.20. The van der Waals surface area contributed by atoms with Crippen molar-refractivity contribution in [2.45, 2.75) is 128 Å². The summed E-state index contributed by atoms with van der Waals surface area (Å²) in [5.41, 5.74) is 0.973. The molecule has 0 unspecified atom stereocenters. The molecule has 8 heteroatoms. The summed E-state index contributed by atoms with van der Waals surface area (Å²) < 4.78 is 10.9. The molecule has 0 aliphatic heterocycles. The molecule has 0 bridgehead atoms. The van der Waals surface area contributed by atoms with Crippen molar-refractivity contribution in [3.63, 3.8) is 0 Å². The molecule has 3 rings (SSSR count). The molecular weight excluding hydrogens is 480 g/mol. The van der Waals surface area contributed by atoms with Crippen molar-refractivity contribution in [1.82, 2.24) is 10.6 Å². The molecule has 0 spiro atoms. The summed E-state index contributed by atoms with van der Waals surface area (Å²) in [5, 5.41) is 6.04. The van der Waals surface area contributed by atoms with Crippen LogP contribution in [0, 0.1) is 0 Å². The number of carbonyl (C=O) groups is 2. The lowest BCUT2D eigenvalue weighted by Crippen LogP contribution is -2.46. The number of amides is 2. The standard InChI is InChI=1S/C30H46N4O4/c1-29(2,3)37-27(35)33-25-13-9-7-11-23(25)31-19-21-15-17-22(18-16-21)20-32-24-12-8-10-14-26(24)34-28(36)38-30(4,5)6/h15-20,23-26H,7-14H2,1-6H3,(H,33,35)(H,34,36)/t23-,24+,25-,26+. The Kier molecular flexibility index (Phi) is 10.3. The molecule has 0 aromatic heterocycles. The van der Waals surface area contributed by atoms with Gasteiger partial charge in [-0.3, -0.25) is 9.98 Å². The summed E-state index contributed by atoms with van der Waals surface area (Å²) in [6.07, 6.45) is 11.1. The molecule has 0 heterocycles. The molecule has 210 valence electrons. The van der Waals surface area contributed by atoms with Gasteiger partial charge in [-0.25, -0.2) is 9.59 Å². The van der Waals surface area contributed by atoms with Gasteiger partial charge in [0.05, 0.1) is 24.2 Å². The minimum absolute atomic E-state index is 0.0148. The SMILES string of the molecule is CC(C)(C)OC(=O)N[C@H]1CCCC[C@@H]1N=Cc1ccc(C=N[C@@H]2CCCC[C@H]2NC(=O)OC(C)(C)C)cc1. The van der Waals surface area contributed by atoms with Gasteiger partial charge in [-0.15, -0.1) is 0 Å². The minimum atomic E-state index is -0.519. The number of alkyl carbamates (subject to hydrolysis) is 2. The molecule has 1 aromatic rings. The van der Waals surface area contributed by atoms with E-state index in [0.717, 1.165) is 62.5 Å². The number of carbonyl (C=O) groups excluding carboxylic acids is 2. The molecule has 0 radical (unpaired) electrons. The smallest absolute Gasteiger partial charge is 0.407 e. The third kappa shape index (κ3) is 10.5. The molecule has 1 aromatic carbocycles. The van der Waals surface area contributed by atoms with Crippen molar-refractivity contribution in [3.8, 4) is 0 Å². The second kappa shape index (κ2) is 13.3. The molecule has 2 saturated carbocycles. The van der Waals surface area contributed by atoms with Gasteiger partial charge in [0.1, 0.15) is 11.2 Å². The van der Waals surface area contributed by atoms with Gasteiger partial charge >= 0.3 is 12.2 Å². The van der Waals surface area contributed by atoms with Gasteiger partial charge in [-0.1, -0.05) is 49.9 Å². The maximum atomic E-state index is 12.3. The molecule has 38 heavy (non-hydrogen) atoms. The molecule has 8 nitrogen and oxygen atoms in total. The molecular formula is C30H46N4O4. The van der Waals surface area contributed by atoms with Crippen LogP contribution in [0.4, 0.5) is 9.59 Å². The highest BCUT2D eigenvalue weighted by Crippen LogP contribution is 2.23. The zero-order chi connectivity index (χ0) is 27.8. The predicted molar refractivity (Wildman–Crippen MR) is 152 cm³/mol. The van der Waals surface area contributed by atoms with Crippen LogP contribution in [0.15, 0.2) is 34.3 Å². The maximum Gasteiger partial charge on any atom is 0.407 e. The van der Waals surface area contributed by atoms with E-state index in [1.165, 1.54) is 0 Å². The highest BCUT2D eigenvalue weighted by Gasteiger charge is 2.29. The highest BCUT2D eigenvalue weighted by atomic mass is 16.6. The maximum absolute atomic E-state index is 12.3. The topological polar surface area (TPSA) is 101 Å². The summed E-state index contributed by atoms with van der Waals surface area (Å²) in [7, 11) is 0. The van der Waals surface area contributed by atoms with Crippen LogP contribution in [-0.2, 0) is 9.47 Å². The zero-order valence-electron chi connectivity index (χ0n) is 24.0. The lowest BCUT2D eigenvalue weighted by atomic mass is 9.90. The number of hydrogen-bond acceptors (Lipinski definition) is 6. The Morgan fingerprint density at radius 2 is 1.03 bits per heavy atom. The van der Waals surface area contributed by atoms with Crippen LogP contribution in [0.1, 0.15) is 104 Å².